The highest BCUT2D eigenvalue weighted by molar-refractivity contribution is 5.75. The minimum atomic E-state index is -1.27. The molecule has 0 N–H and O–H groups in total. The Kier molecular flexibility index (Phi) is 7.64. The second-order valence-corrected chi connectivity index (χ2v) is 8.81. The molecule has 29 heavy (non-hydrogen) atoms. The van der Waals surface area contributed by atoms with Crippen molar-refractivity contribution in [2.45, 2.75) is 77.6 Å². The number of nitrogens with zero attached hydrogens (tertiary/aromatic N) is 1. The number of rotatable bonds is 6. The SMILES string of the molecule is CCCCC1CCC(C2CCC(C(=O)Oc3ccc(C#N)c(F)c3F)CC2)CC1. The van der Waals surface area contributed by atoms with Crippen LogP contribution in [0.25, 0.3) is 0 Å². The van der Waals surface area contributed by atoms with Gasteiger partial charge in [-0.1, -0.05) is 39.0 Å². The van der Waals surface area contributed by atoms with E-state index in [1.807, 2.05) is 0 Å². The number of hydrogen-bond acceptors (Lipinski definition) is 3. The molecule has 3 nitrogen and oxygen atoms in total. The van der Waals surface area contributed by atoms with E-state index in [1.54, 1.807) is 6.07 Å². The van der Waals surface area contributed by atoms with Gasteiger partial charge >= 0.3 is 5.97 Å². The number of carbonyl (C=O) groups is 1. The smallest absolute Gasteiger partial charge is 0.314 e. The lowest BCUT2D eigenvalue weighted by atomic mass is 9.68. The summed E-state index contributed by atoms with van der Waals surface area (Å²) in [5.74, 6) is -1.37. The van der Waals surface area contributed by atoms with E-state index in [0.29, 0.717) is 5.92 Å². The van der Waals surface area contributed by atoms with E-state index in [4.69, 9.17) is 10.00 Å². The Morgan fingerprint density at radius 3 is 2.24 bits per heavy atom. The number of nitriles is 1. The highest BCUT2D eigenvalue weighted by Gasteiger charge is 2.34. The zero-order valence-corrected chi connectivity index (χ0v) is 17.3. The molecule has 0 bridgehead atoms. The number of ether oxygens (including phenoxy) is 1. The molecule has 0 saturated heterocycles. The maximum absolute atomic E-state index is 14.0. The molecular formula is C24H31F2NO2. The molecule has 2 fully saturated rings. The number of benzene rings is 1. The average molecular weight is 404 g/mol. The first-order valence-corrected chi connectivity index (χ1v) is 11.1. The molecule has 1 aromatic rings. The van der Waals surface area contributed by atoms with Crippen molar-refractivity contribution in [1.29, 1.82) is 5.26 Å². The Balaban J connectivity index is 1.47. The van der Waals surface area contributed by atoms with Gasteiger partial charge in [0, 0.05) is 0 Å². The van der Waals surface area contributed by atoms with E-state index in [2.05, 4.69) is 6.92 Å². The molecule has 2 aliphatic rings. The maximum atomic E-state index is 14.0. The van der Waals surface area contributed by atoms with E-state index in [1.165, 1.54) is 44.9 Å². The summed E-state index contributed by atoms with van der Waals surface area (Å²) in [6.07, 6.45) is 12.8. The molecule has 1 aromatic carbocycles. The van der Waals surface area contributed by atoms with Gasteiger partial charge < -0.3 is 4.74 Å². The second kappa shape index (κ2) is 10.2. The third kappa shape index (κ3) is 5.35. The Morgan fingerprint density at radius 1 is 1.03 bits per heavy atom. The summed E-state index contributed by atoms with van der Waals surface area (Å²) in [6, 6.07) is 3.86. The van der Waals surface area contributed by atoms with Crippen LogP contribution >= 0.6 is 0 Å². The minimum absolute atomic E-state index is 0.259. The highest BCUT2D eigenvalue weighted by atomic mass is 19.2. The molecule has 0 unspecified atom stereocenters. The molecule has 0 radical (unpaired) electrons. The van der Waals surface area contributed by atoms with Gasteiger partial charge in [-0.05, 0) is 68.4 Å². The van der Waals surface area contributed by atoms with Gasteiger partial charge in [0.2, 0.25) is 5.82 Å². The number of unbranched alkanes of at least 4 members (excludes halogenated alkanes) is 1. The number of esters is 1. The van der Waals surface area contributed by atoms with Crippen molar-refractivity contribution in [2.75, 3.05) is 0 Å². The predicted molar refractivity (Wildman–Crippen MR) is 107 cm³/mol. The minimum Gasteiger partial charge on any atom is -0.423 e. The van der Waals surface area contributed by atoms with Crippen LogP contribution in [-0.4, -0.2) is 5.97 Å². The first-order valence-electron chi connectivity index (χ1n) is 11.1. The first-order chi connectivity index (χ1) is 14.0. The molecule has 2 saturated carbocycles. The fourth-order valence-corrected chi connectivity index (χ4v) is 5.16. The van der Waals surface area contributed by atoms with Crippen LogP contribution in [0.4, 0.5) is 8.78 Å². The molecular weight excluding hydrogens is 372 g/mol. The Labute approximate surface area is 172 Å². The van der Waals surface area contributed by atoms with Crippen molar-refractivity contribution in [3.05, 3.63) is 29.3 Å². The Bertz CT molecular complexity index is 742. The largest absolute Gasteiger partial charge is 0.423 e. The van der Waals surface area contributed by atoms with Crippen molar-refractivity contribution < 1.29 is 18.3 Å². The molecule has 0 heterocycles. The average Bonchev–Trinajstić information content (AvgIpc) is 2.76. The predicted octanol–water partition coefficient (Wildman–Crippen LogP) is 6.54. The molecule has 0 aliphatic heterocycles. The van der Waals surface area contributed by atoms with Gasteiger partial charge in [0.05, 0.1) is 11.5 Å². The van der Waals surface area contributed by atoms with Crippen LogP contribution in [0.5, 0.6) is 5.75 Å². The summed E-state index contributed by atoms with van der Waals surface area (Å²) in [6.45, 7) is 2.25. The van der Waals surface area contributed by atoms with Gasteiger partial charge in [0.1, 0.15) is 6.07 Å². The molecule has 2 aliphatic carbocycles. The molecule has 5 heteroatoms. The van der Waals surface area contributed by atoms with Crippen LogP contribution in [0.1, 0.15) is 83.1 Å². The lowest BCUT2D eigenvalue weighted by Gasteiger charge is -2.37. The van der Waals surface area contributed by atoms with E-state index in [0.717, 1.165) is 49.7 Å². The van der Waals surface area contributed by atoms with Crippen LogP contribution in [0.15, 0.2) is 12.1 Å². The monoisotopic (exact) mass is 403 g/mol. The summed E-state index contributed by atoms with van der Waals surface area (Å²) in [5, 5.41) is 8.74. The molecule has 3 rings (SSSR count). The van der Waals surface area contributed by atoms with Gasteiger partial charge in [-0.25, -0.2) is 4.39 Å². The first kappa shape index (κ1) is 21.7. The van der Waals surface area contributed by atoms with Crippen molar-refractivity contribution in [3.8, 4) is 11.8 Å². The summed E-state index contributed by atoms with van der Waals surface area (Å²) in [4.78, 5) is 12.4. The van der Waals surface area contributed by atoms with E-state index >= 15 is 0 Å². The fourth-order valence-electron chi connectivity index (χ4n) is 5.16. The third-order valence-corrected chi connectivity index (χ3v) is 7.01. The standard InChI is InChI=1S/C24H31F2NO2/c1-2-3-4-16-5-7-17(8-6-16)18-9-11-19(12-10-18)24(28)29-21-14-13-20(15-27)22(25)23(21)26/h13-14,16-19H,2-12H2,1H3. The maximum Gasteiger partial charge on any atom is 0.314 e. The number of halogens is 2. The van der Waals surface area contributed by atoms with Gasteiger partial charge in [-0.15, -0.1) is 0 Å². The van der Waals surface area contributed by atoms with Gasteiger partial charge in [0.15, 0.2) is 11.6 Å². The lowest BCUT2D eigenvalue weighted by Crippen LogP contribution is -2.30. The van der Waals surface area contributed by atoms with Crippen LogP contribution in [0.3, 0.4) is 0 Å². The lowest BCUT2D eigenvalue weighted by molar-refractivity contribution is -0.140. The molecule has 0 atom stereocenters. The topological polar surface area (TPSA) is 50.1 Å². The Hall–Kier alpha value is -1.96. The van der Waals surface area contributed by atoms with E-state index < -0.39 is 28.9 Å². The van der Waals surface area contributed by atoms with Crippen molar-refractivity contribution >= 4 is 5.97 Å². The van der Waals surface area contributed by atoms with Crippen LogP contribution in [0.2, 0.25) is 0 Å². The van der Waals surface area contributed by atoms with Crippen LogP contribution in [-0.2, 0) is 4.79 Å². The van der Waals surface area contributed by atoms with Crippen LogP contribution in [0, 0.1) is 46.6 Å². The fraction of sp³-hybridized carbons (Fsp3) is 0.667. The van der Waals surface area contributed by atoms with Gasteiger partial charge in [-0.3, -0.25) is 4.79 Å². The van der Waals surface area contributed by atoms with Crippen molar-refractivity contribution in [1.82, 2.24) is 0 Å². The van der Waals surface area contributed by atoms with E-state index in [9.17, 15) is 13.6 Å². The summed E-state index contributed by atoms with van der Waals surface area (Å²) in [5.41, 5.74) is -0.396. The molecule has 0 spiro atoms. The summed E-state index contributed by atoms with van der Waals surface area (Å²) >= 11 is 0. The highest BCUT2D eigenvalue weighted by Crippen LogP contribution is 2.42. The summed E-state index contributed by atoms with van der Waals surface area (Å²) < 4.78 is 32.8. The number of hydrogen-bond donors (Lipinski definition) is 0. The quantitative estimate of drug-likeness (QED) is 0.400. The third-order valence-electron chi connectivity index (χ3n) is 7.01. The van der Waals surface area contributed by atoms with Crippen molar-refractivity contribution in [2.24, 2.45) is 23.7 Å². The normalized spacial score (nSPS) is 27.2. The van der Waals surface area contributed by atoms with Crippen molar-refractivity contribution in [3.63, 3.8) is 0 Å². The molecule has 158 valence electrons. The zero-order chi connectivity index (χ0) is 20.8. The van der Waals surface area contributed by atoms with Gasteiger partial charge in [-0.2, -0.15) is 9.65 Å². The van der Waals surface area contributed by atoms with E-state index in [-0.39, 0.29) is 5.92 Å². The number of carbonyl (C=O) groups excluding carboxylic acids is 1. The van der Waals surface area contributed by atoms with Gasteiger partial charge in [0.25, 0.3) is 0 Å². The zero-order valence-electron chi connectivity index (χ0n) is 17.3. The molecule has 0 aromatic heterocycles. The summed E-state index contributed by atoms with van der Waals surface area (Å²) in [7, 11) is 0. The Morgan fingerprint density at radius 2 is 1.66 bits per heavy atom. The second-order valence-electron chi connectivity index (χ2n) is 8.81. The van der Waals surface area contributed by atoms with Crippen LogP contribution < -0.4 is 4.74 Å². The molecule has 0 amide bonds.